The molecule has 0 bridgehead atoms. The lowest BCUT2D eigenvalue weighted by atomic mass is 9.64. The van der Waals surface area contributed by atoms with Crippen LogP contribution >= 0.6 is 22.9 Å². The van der Waals surface area contributed by atoms with Crippen molar-refractivity contribution in [3.63, 3.8) is 0 Å². The van der Waals surface area contributed by atoms with Crippen LogP contribution in [0.4, 0.5) is 0 Å². The molecule has 1 atom stereocenters. The molecule has 0 aliphatic carbocycles. The maximum Gasteiger partial charge on any atom is 0.226 e. The lowest BCUT2D eigenvalue weighted by Gasteiger charge is -2.44. The van der Waals surface area contributed by atoms with Gasteiger partial charge < -0.3 is 5.32 Å². The number of thiophene rings is 1. The Morgan fingerprint density at radius 1 is 1.03 bits per heavy atom. The van der Waals surface area contributed by atoms with Gasteiger partial charge in [-0.05, 0) is 78.0 Å². The van der Waals surface area contributed by atoms with Crippen molar-refractivity contribution in [2.45, 2.75) is 93.7 Å². The monoisotopic (exact) mass is 553 g/mol. The van der Waals surface area contributed by atoms with Gasteiger partial charge in [0.2, 0.25) is 5.91 Å². The van der Waals surface area contributed by atoms with Crippen LogP contribution in [0.15, 0.2) is 29.3 Å². The first-order valence-corrected chi connectivity index (χ1v) is 14.3. The van der Waals surface area contributed by atoms with Gasteiger partial charge >= 0.3 is 0 Å². The van der Waals surface area contributed by atoms with Crippen molar-refractivity contribution in [1.29, 1.82) is 0 Å². The second-order valence-electron chi connectivity index (χ2n) is 13.1. The number of nitrogens with zero attached hydrogens (tertiary/aromatic N) is 4. The van der Waals surface area contributed by atoms with Crippen LogP contribution in [0.5, 0.6) is 0 Å². The fourth-order valence-corrected chi connectivity index (χ4v) is 6.77. The Kier molecular flexibility index (Phi) is 6.98. The molecular weight excluding hydrogens is 514 g/mol. The van der Waals surface area contributed by atoms with Gasteiger partial charge in [-0.1, -0.05) is 51.4 Å². The van der Waals surface area contributed by atoms with Gasteiger partial charge in [0.05, 0.1) is 5.71 Å². The molecule has 1 aliphatic heterocycles. The number of hydrogen-bond donors (Lipinski definition) is 1. The predicted molar refractivity (Wildman–Crippen MR) is 158 cm³/mol. The van der Waals surface area contributed by atoms with Crippen LogP contribution in [-0.4, -0.2) is 31.9 Å². The van der Waals surface area contributed by atoms with Crippen molar-refractivity contribution in [2.24, 2.45) is 15.8 Å². The smallest absolute Gasteiger partial charge is 0.226 e. The molecule has 8 heteroatoms. The number of amides is 1. The molecular formula is C30H40ClN5OS. The van der Waals surface area contributed by atoms with E-state index in [1.165, 1.54) is 10.4 Å². The number of carbonyl (C=O) groups excluding carboxylic acids is 1. The van der Waals surface area contributed by atoms with Crippen LogP contribution in [0.1, 0.15) is 95.0 Å². The lowest BCUT2D eigenvalue weighted by Crippen LogP contribution is -2.50. The van der Waals surface area contributed by atoms with Crippen molar-refractivity contribution < 1.29 is 4.79 Å². The largest absolute Gasteiger partial charge is 0.351 e. The van der Waals surface area contributed by atoms with Gasteiger partial charge in [0.25, 0.3) is 0 Å². The second kappa shape index (κ2) is 9.30. The summed E-state index contributed by atoms with van der Waals surface area (Å²) in [6.07, 6.45) is 0.591. The standard InChI is InChI=1S/C30H40ClN5OS/c1-17-18(2)38-24-22(17)23(20-12-14-21(31)15-13-20)32-30(11,25-35-34-19(3)36(24)25)29(9,10)16-28(7,8)26(37)33-27(4,5)6/h12-15H,16H2,1-11H3,(H,33,37). The molecule has 38 heavy (non-hydrogen) atoms. The van der Waals surface area contributed by atoms with Gasteiger partial charge in [-0.15, -0.1) is 21.5 Å². The number of benzene rings is 1. The Hall–Kier alpha value is -2.51. The fourth-order valence-electron chi connectivity index (χ4n) is 5.43. The van der Waals surface area contributed by atoms with Crippen molar-refractivity contribution >= 4 is 34.6 Å². The van der Waals surface area contributed by atoms with E-state index in [-0.39, 0.29) is 11.4 Å². The molecule has 1 amide bonds. The Labute approximate surface area is 235 Å². The molecule has 3 heterocycles. The molecule has 1 unspecified atom stereocenters. The number of carbonyl (C=O) groups is 1. The van der Waals surface area contributed by atoms with Crippen LogP contribution in [0.3, 0.4) is 0 Å². The number of nitrogens with one attached hydrogen (secondary N) is 1. The summed E-state index contributed by atoms with van der Waals surface area (Å²) < 4.78 is 2.18. The maximum atomic E-state index is 13.4. The first-order valence-electron chi connectivity index (χ1n) is 13.1. The molecule has 1 aliphatic rings. The minimum Gasteiger partial charge on any atom is -0.351 e. The number of rotatable bonds is 5. The van der Waals surface area contributed by atoms with E-state index in [4.69, 9.17) is 21.7 Å². The Morgan fingerprint density at radius 2 is 1.63 bits per heavy atom. The number of halogens is 1. The van der Waals surface area contributed by atoms with Crippen molar-refractivity contribution in [3.05, 3.63) is 62.5 Å². The summed E-state index contributed by atoms with van der Waals surface area (Å²) in [6, 6.07) is 7.88. The molecule has 0 fully saturated rings. The van der Waals surface area contributed by atoms with E-state index in [9.17, 15) is 4.79 Å². The van der Waals surface area contributed by atoms with Gasteiger partial charge in [-0.2, -0.15) is 0 Å². The van der Waals surface area contributed by atoms with E-state index in [0.717, 1.165) is 33.5 Å². The van der Waals surface area contributed by atoms with Crippen molar-refractivity contribution in [2.75, 3.05) is 0 Å². The summed E-state index contributed by atoms with van der Waals surface area (Å²) in [5.41, 5.74) is 1.99. The van der Waals surface area contributed by atoms with Crippen LogP contribution in [0.25, 0.3) is 5.00 Å². The number of aryl methyl sites for hydroxylation is 2. The minimum atomic E-state index is -0.790. The highest BCUT2D eigenvalue weighted by atomic mass is 35.5. The molecule has 0 spiro atoms. The van der Waals surface area contributed by atoms with Crippen LogP contribution < -0.4 is 5.32 Å². The number of fused-ring (bicyclic) bond motifs is 3. The van der Waals surface area contributed by atoms with Crippen molar-refractivity contribution in [1.82, 2.24) is 20.1 Å². The number of aliphatic imine (C=N–C) groups is 1. The average molecular weight is 554 g/mol. The zero-order chi connectivity index (χ0) is 28.4. The lowest BCUT2D eigenvalue weighted by molar-refractivity contribution is -0.133. The quantitative estimate of drug-likeness (QED) is 0.359. The summed E-state index contributed by atoms with van der Waals surface area (Å²) >= 11 is 8.01. The third-order valence-corrected chi connectivity index (χ3v) is 9.27. The first-order chi connectivity index (χ1) is 17.4. The molecule has 1 N–H and O–H groups in total. The zero-order valence-corrected chi connectivity index (χ0v) is 26.1. The highest BCUT2D eigenvalue weighted by Gasteiger charge is 2.52. The highest BCUT2D eigenvalue weighted by molar-refractivity contribution is 7.15. The minimum absolute atomic E-state index is 0.0282. The van der Waals surface area contributed by atoms with Gasteiger partial charge in [0.15, 0.2) is 5.82 Å². The number of aromatic nitrogens is 3. The Bertz CT molecular complexity index is 1420. The third kappa shape index (κ3) is 4.84. The van der Waals surface area contributed by atoms with Gasteiger partial charge in [0.1, 0.15) is 16.4 Å². The van der Waals surface area contributed by atoms with Crippen LogP contribution in [0, 0.1) is 31.6 Å². The summed E-state index contributed by atoms with van der Waals surface area (Å²) in [5, 5.41) is 14.2. The predicted octanol–water partition coefficient (Wildman–Crippen LogP) is 7.33. The molecule has 0 radical (unpaired) electrons. The average Bonchev–Trinajstić information content (AvgIpc) is 3.26. The zero-order valence-electron chi connectivity index (χ0n) is 24.5. The SMILES string of the molecule is Cc1sc2c(c1C)C(c1ccc(Cl)cc1)=NC(C)(C(C)(C)CC(C)(C)C(=O)NC(C)(C)C)c1nnc(C)n1-2. The first kappa shape index (κ1) is 28.5. The normalized spacial score (nSPS) is 17.9. The Balaban J connectivity index is 1.97. The van der Waals surface area contributed by atoms with E-state index < -0.39 is 16.4 Å². The van der Waals surface area contributed by atoms with Gasteiger partial charge in [-0.3, -0.25) is 14.4 Å². The van der Waals surface area contributed by atoms with E-state index in [2.05, 4.69) is 49.6 Å². The molecule has 1 aromatic carbocycles. The summed E-state index contributed by atoms with van der Waals surface area (Å²) in [6.45, 7) is 22.9. The van der Waals surface area contributed by atoms with Crippen LogP contribution in [-0.2, 0) is 10.3 Å². The van der Waals surface area contributed by atoms with E-state index >= 15 is 0 Å². The van der Waals surface area contributed by atoms with Crippen molar-refractivity contribution in [3.8, 4) is 5.00 Å². The fraction of sp³-hybridized carbons (Fsp3) is 0.533. The highest BCUT2D eigenvalue weighted by Crippen LogP contribution is 2.52. The summed E-state index contributed by atoms with van der Waals surface area (Å²) in [7, 11) is 0. The number of hydrogen-bond acceptors (Lipinski definition) is 5. The second-order valence-corrected chi connectivity index (χ2v) is 14.7. The van der Waals surface area contributed by atoms with E-state index in [1.807, 2.05) is 65.8 Å². The van der Waals surface area contributed by atoms with Crippen LogP contribution in [0.2, 0.25) is 5.02 Å². The van der Waals surface area contributed by atoms with E-state index in [1.54, 1.807) is 11.3 Å². The molecule has 0 saturated heterocycles. The molecule has 6 nitrogen and oxygen atoms in total. The molecule has 2 aromatic heterocycles. The molecule has 0 saturated carbocycles. The molecule has 3 aromatic rings. The maximum absolute atomic E-state index is 13.4. The topological polar surface area (TPSA) is 72.2 Å². The summed E-state index contributed by atoms with van der Waals surface area (Å²) in [4.78, 5) is 20.2. The summed E-state index contributed by atoms with van der Waals surface area (Å²) in [5.74, 6) is 1.64. The Morgan fingerprint density at radius 3 is 2.21 bits per heavy atom. The van der Waals surface area contributed by atoms with Gasteiger partial charge in [0, 0.05) is 32.0 Å². The van der Waals surface area contributed by atoms with E-state index in [0.29, 0.717) is 11.4 Å². The third-order valence-electron chi connectivity index (χ3n) is 7.82. The van der Waals surface area contributed by atoms with Gasteiger partial charge in [-0.25, -0.2) is 0 Å². The molecule has 4 rings (SSSR count). The molecule has 204 valence electrons.